The number of ketones is 1. The van der Waals surface area contributed by atoms with Crippen molar-refractivity contribution in [2.45, 2.75) is 6.92 Å². The van der Waals surface area contributed by atoms with Crippen molar-refractivity contribution >= 4 is 43.3 Å². The Kier molecular flexibility index (Phi) is 5.03. The number of nitrogens with zero attached hydrogens (tertiary/aromatic N) is 1. The zero-order valence-corrected chi connectivity index (χ0v) is 12.6. The molecule has 0 spiro atoms. The number of rotatable bonds is 5. The summed E-state index contributed by atoms with van der Waals surface area (Å²) in [7, 11) is 0. The maximum absolute atomic E-state index is 11.5. The normalized spacial score (nSPS) is 9.94. The predicted molar refractivity (Wildman–Crippen MR) is 74.4 cm³/mol. The zero-order chi connectivity index (χ0) is 13.9. The van der Waals surface area contributed by atoms with Gasteiger partial charge in [0, 0.05) is 15.0 Å². The van der Waals surface area contributed by atoms with E-state index in [-0.39, 0.29) is 29.4 Å². The Hall–Kier alpha value is -1.21. The van der Waals surface area contributed by atoms with Crippen LogP contribution in [0.25, 0.3) is 0 Å². The highest BCUT2D eigenvalue weighted by Crippen LogP contribution is 2.35. The van der Waals surface area contributed by atoms with E-state index < -0.39 is 4.92 Å². The summed E-state index contributed by atoms with van der Waals surface area (Å²) in [4.78, 5) is 21.8. The van der Waals surface area contributed by atoms with E-state index in [0.717, 1.165) is 0 Å². The average molecular weight is 379 g/mol. The second-order valence-electron chi connectivity index (χ2n) is 3.42. The third kappa shape index (κ3) is 3.64. The van der Waals surface area contributed by atoms with E-state index in [2.05, 4.69) is 38.4 Å². The van der Waals surface area contributed by atoms with Gasteiger partial charge in [0.15, 0.2) is 5.78 Å². The predicted octanol–water partition coefficient (Wildman–Crippen LogP) is 3.85. The number of nitro benzene ring substituents is 1. The standard InChI is InChI=1S/C11H9Br2NO4/c1-6(12)5-18-11-9(7(2)15)3-8(13)4-10(11)14(16)17/h3-4H,1,5H2,2H3. The van der Waals surface area contributed by atoms with Gasteiger partial charge in [0.2, 0.25) is 5.75 Å². The summed E-state index contributed by atoms with van der Waals surface area (Å²) >= 11 is 6.21. The molecule has 7 heteroatoms. The van der Waals surface area contributed by atoms with Crippen LogP contribution in [0, 0.1) is 10.1 Å². The quantitative estimate of drug-likeness (QED) is 0.443. The number of hydrogen-bond donors (Lipinski definition) is 0. The number of nitro groups is 1. The first-order valence-corrected chi connectivity index (χ1v) is 6.36. The number of carbonyl (C=O) groups excluding carboxylic acids is 1. The van der Waals surface area contributed by atoms with Crippen molar-refractivity contribution in [3.05, 3.63) is 43.3 Å². The SMILES string of the molecule is C=C(Br)COc1c(C(C)=O)cc(Br)cc1[N+](=O)[O-]. The van der Waals surface area contributed by atoms with Crippen molar-refractivity contribution in [1.29, 1.82) is 0 Å². The van der Waals surface area contributed by atoms with Crippen molar-refractivity contribution in [3.8, 4) is 5.75 Å². The molecule has 18 heavy (non-hydrogen) atoms. The van der Waals surface area contributed by atoms with Crippen LogP contribution in [0.5, 0.6) is 5.75 Å². The van der Waals surface area contributed by atoms with Crippen molar-refractivity contribution in [2.24, 2.45) is 0 Å². The van der Waals surface area contributed by atoms with Crippen LogP contribution in [0.2, 0.25) is 0 Å². The molecule has 0 heterocycles. The van der Waals surface area contributed by atoms with E-state index in [4.69, 9.17) is 4.74 Å². The second-order valence-corrected chi connectivity index (χ2v) is 5.46. The average Bonchev–Trinajstić information content (AvgIpc) is 2.25. The van der Waals surface area contributed by atoms with Gasteiger partial charge in [-0.2, -0.15) is 0 Å². The molecule has 0 aliphatic carbocycles. The highest BCUT2D eigenvalue weighted by atomic mass is 79.9. The van der Waals surface area contributed by atoms with Gasteiger partial charge >= 0.3 is 5.69 Å². The lowest BCUT2D eigenvalue weighted by Gasteiger charge is -2.10. The number of carbonyl (C=O) groups is 1. The van der Waals surface area contributed by atoms with E-state index in [1.165, 1.54) is 19.1 Å². The molecule has 0 saturated carbocycles. The fourth-order valence-corrected chi connectivity index (χ4v) is 1.84. The van der Waals surface area contributed by atoms with Gasteiger partial charge in [-0.05, 0) is 13.0 Å². The van der Waals surface area contributed by atoms with E-state index in [1.807, 2.05) is 0 Å². The van der Waals surface area contributed by atoms with Crippen molar-refractivity contribution in [2.75, 3.05) is 6.61 Å². The lowest BCUT2D eigenvalue weighted by Crippen LogP contribution is -2.06. The molecular formula is C11H9Br2NO4. The second kappa shape index (κ2) is 6.10. The highest BCUT2D eigenvalue weighted by molar-refractivity contribution is 9.11. The molecule has 1 aromatic rings. The molecule has 0 aliphatic rings. The molecule has 0 fully saturated rings. The first-order chi connectivity index (χ1) is 8.32. The summed E-state index contributed by atoms with van der Waals surface area (Å²) in [6.45, 7) is 4.93. The van der Waals surface area contributed by atoms with Crippen LogP contribution < -0.4 is 4.74 Å². The van der Waals surface area contributed by atoms with Gasteiger partial charge in [-0.1, -0.05) is 38.4 Å². The number of halogens is 2. The largest absolute Gasteiger partial charge is 0.481 e. The van der Waals surface area contributed by atoms with E-state index >= 15 is 0 Å². The number of hydrogen-bond acceptors (Lipinski definition) is 4. The molecule has 0 aromatic heterocycles. The molecule has 1 rings (SSSR count). The Morgan fingerprint density at radius 1 is 1.56 bits per heavy atom. The zero-order valence-electron chi connectivity index (χ0n) is 9.41. The van der Waals surface area contributed by atoms with Crippen LogP contribution in [-0.4, -0.2) is 17.3 Å². The first-order valence-electron chi connectivity index (χ1n) is 4.78. The Morgan fingerprint density at radius 2 is 2.17 bits per heavy atom. The van der Waals surface area contributed by atoms with Gasteiger partial charge in [0.25, 0.3) is 0 Å². The Morgan fingerprint density at radius 3 is 2.61 bits per heavy atom. The summed E-state index contributed by atoms with van der Waals surface area (Å²) in [6, 6.07) is 2.78. The van der Waals surface area contributed by atoms with Gasteiger partial charge in [-0.3, -0.25) is 14.9 Å². The minimum absolute atomic E-state index is 0.0444. The van der Waals surface area contributed by atoms with Crippen LogP contribution >= 0.6 is 31.9 Å². The highest BCUT2D eigenvalue weighted by Gasteiger charge is 2.23. The van der Waals surface area contributed by atoms with Gasteiger partial charge < -0.3 is 4.74 Å². The van der Waals surface area contributed by atoms with Crippen molar-refractivity contribution < 1.29 is 14.5 Å². The van der Waals surface area contributed by atoms with E-state index in [0.29, 0.717) is 8.96 Å². The van der Waals surface area contributed by atoms with E-state index in [1.54, 1.807) is 0 Å². The number of ether oxygens (including phenoxy) is 1. The van der Waals surface area contributed by atoms with Crippen molar-refractivity contribution in [1.82, 2.24) is 0 Å². The first kappa shape index (κ1) is 14.8. The third-order valence-electron chi connectivity index (χ3n) is 1.98. The molecule has 1 aromatic carbocycles. The summed E-state index contributed by atoms with van der Waals surface area (Å²) in [6.07, 6.45) is 0. The van der Waals surface area contributed by atoms with Gasteiger partial charge in [0.05, 0.1) is 10.5 Å². The molecule has 0 aliphatic heterocycles. The van der Waals surface area contributed by atoms with Crippen LogP contribution in [0.15, 0.2) is 27.7 Å². The van der Waals surface area contributed by atoms with Crippen LogP contribution in [0.4, 0.5) is 5.69 Å². The fourth-order valence-electron chi connectivity index (χ4n) is 1.28. The lowest BCUT2D eigenvalue weighted by molar-refractivity contribution is -0.385. The molecular weight excluding hydrogens is 370 g/mol. The van der Waals surface area contributed by atoms with Crippen LogP contribution in [0.1, 0.15) is 17.3 Å². The fraction of sp³-hybridized carbons (Fsp3) is 0.182. The summed E-state index contributed by atoms with van der Waals surface area (Å²) in [5.41, 5.74) is -0.104. The smallest absolute Gasteiger partial charge is 0.312 e. The molecule has 0 atom stereocenters. The molecule has 0 amide bonds. The molecule has 0 radical (unpaired) electrons. The van der Waals surface area contributed by atoms with Gasteiger partial charge in [-0.15, -0.1) is 0 Å². The number of Topliss-reactive ketones (excluding diaryl/α,β-unsaturated/α-hetero) is 1. The maximum Gasteiger partial charge on any atom is 0.312 e. The third-order valence-corrected chi connectivity index (χ3v) is 2.67. The maximum atomic E-state index is 11.5. The Labute approximate surface area is 120 Å². The van der Waals surface area contributed by atoms with Gasteiger partial charge in [0.1, 0.15) is 6.61 Å². The summed E-state index contributed by atoms with van der Waals surface area (Å²) in [5.74, 6) is -0.356. The van der Waals surface area contributed by atoms with Crippen LogP contribution in [0.3, 0.4) is 0 Å². The molecule has 5 nitrogen and oxygen atoms in total. The molecule has 0 unspecified atom stereocenters. The van der Waals surface area contributed by atoms with Gasteiger partial charge in [-0.25, -0.2) is 0 Å². The molecule has 0 saturated heterocycles. The molecule has 0 N–H and O–H groups in total. The van der Waals surface area contributed by atoms with Crippen molar-refractivity contribution in [3.63, 3.8) is 0 Å². The lowest BCUT2D eigenvalue weighted by atomic mass is 10.1. The number of benzene rings is 1. The summed E-state index contributed by atoms with van der Waals surface area (Å²) in [5, 5.41) is 11.0. The monoisotopic (exact) mass is 377 g/mol. The van der Waals surface area contributed by atoms with E-state index in [9.17, 15) is 14.9 Å². The summed E-state index contributed by atoms with van der Waals surface area (Å²) < 4.78 is 6.25. The Bertz CT molecular complexity index is 493. The minimum atomic E-state index is -0.594. The minimum Gasteiger partial charge on any atom is -0.481 e. The molecule has 0 bridgehead atoms. The Balaban J connectivity index is 3.36. The van der Waals surface area contributed by atoms with Crippen LogP contribution in [-0.2, 0) is 0 Å². The topological polar surface area (TPSA) is 69.4 Å². The molecule has 96 valence electrons.